The number of halogens is 2. The highest BCUT2D eigenvalue weighted by Crippen LogP contribution is 2.58. The van der Waals surface area contributed by atoms with Crippen molar-refractivity contribution in [3.63, 3.8) is 0 Å². The second kappa shape index (κ2) is 13.2. The molecule has 0 bridgehead atoms. The van der Waals surface area contributed by atoms with Crippen molar-refractivity contribution in [3.05, 3.63) is 151 Å². The Bertz CT molecular complexity index is 1340. The van der Waals surface area contributed by atoms with E-state index >= 15 is 0 Å². The number of hydrogen-bond acceptors (Lipinski definition) is 0. The fraction of sp³-hybridized carbons (Fsp3) is 0.211. The highest BCUT2D eigenvalue weighted by Gasteiger charge is 2.44. The van der Waals surface area contributed by atoms with Gasteiger partial charge in [-0.05, 0) is 41.5 Å². The smallest absolute Gasteiger partial charge is 0.130 e. The van der Waals surface area contributed by atoms with E-state index in [0.29, 0.717) is 0 Å². The van der Waals surface area contributed by atoms with Crippen LogP contribution in [-0.4, -0.2) is 16.5 Å². The van der Waals surface area contributed by atoms with Crippen LogP contribution in [0.4, 0.5) is 8.78 Å². The van der Waals surface area contributed by atoms with E-state index in [2.05, 4.69) is 163 Å². The number of benzene rings is 5. The summed E-state index contributed by atoms with van der Waals surface area (Å²) in [6.07, 6.45) is -1.22. The molecule has 5 rings (SSSR count). The molecule has 0 fully saturated rings. The van der Waals surface area contributed by atoms with Gasteiger partial charge in [-0.15, -0.1) is 0 Å². The predicted octanol–water partition coefficient (Wildman–Crippen LogP) is 7.47. The third-order valence-electron chi connectivity index (χ3n) is 7.85. The lowest BCUT2D eigenvalue weighted by molar-refractivity contribution is 0.585. The van der Waals surface area contributed by atoms with Crippen LogP contribution >= 0.6 is 7.92 Å². The average Bonchev–Trinajstić information content (AvgIpc) is 2.94. The first-order valence-electron chi connectivity index (χ1n) is 14.7. The van der Waals surface area contributed by atoms with Gasteiger partial charge in [-0.1, -0.05) is 121 Å². The lowest BCUT2D eigenvalue weighted by Gasteiger charge is -2.44. The molecule has 4 heteroatoms. The normalized spacial score (nSPS) is 12.0. The summed E-state index contributed by atoms with van der Waals surface area (Å²) in [5.41, 5.74) is 5.36. The summed E-state index contributed by atoms with van der Waals surface area (Å²) in [7, 11) is -1.08. The molecule has 0 unspecified atom stereocenters. The van der Waals surface area contributed by atoms with Crippen molar-refractivity contribution in [2.75, 3.05) is 0 Å². The highest BCUT2D eigenvalue weighted by molar-refractivity contribution is 7.68. The molecule has 0 N–H and O–H groups in total. The summed E-state index contributed by atoms with van der Waals surface area (Å²) < 4.78 is 26.7. The molecular weight excluding hydrogens is 536 g/mol. The lowest BCUT2D eigenvalue weighted by atomic mass is 9.13. The average molecular weight is 579 g/mol. The van der Waals surface area contributed by atoms with Gasteiger partial charge in [0, 0.05) is 26.1 Å². The van der Waals surface area contributed by atoms with Crippen LogP contribution in [0.15, 0.2) is 140 Å². The van der Waals surface area contributed by atoms with Crippen molar-refractivity contribution < 1.29 is 8.78 Å². The molecule has 0 saturated heterocycles. The molecule has 0 nitrogen and oxygen atoms in total. The van der Waals surface area contributed by atoms with Gasteiger partial charge in [-0.3, -0.25) is 0 Å². The number of rotatable bonds is 5. The molecule has 0 aliphatic rings. The SMILES string of the molecule is CC(C)(C)[PH+](c1cc(F)cc(F)c1)C(C)(C)C.c1ccc([B-](c2ccccc2)(c2ccccc2)c2ccccc2)cc1. The van der Waals surface area contributed by atoms with Crippen LogP contribution in [0, 0.1) is 11.6 Å². The van der Waals surface area contributed by atoms with Gasteiger partial charge in [-0.25, -0.2) is 8.78 Å². The van der Waals surface area contributed by atoms with Crippen molar-refractivity contribution in [2.24, 2.45) is 0 Å². The molecule has 0 radical (unpaired) electrons. The molecule has 0 aliphatic carbocycles. The third-order valence-corrected chi connectivity index (χ3v) is 11.7. The van der Waals surface area contributed by atoms with Crippen LogP contribution in [0.5, 0.6) is 0 Å². The van der Waals surface area contributed by atoms with Gasteiger partial charge in [0.1, 0.15) is 17.8 Å². The highest BCUT2D eigenvalue weighted by atomic mass is 31.1. The summed E-state index contributed by atoms with van der Waals surface area (Å²) >= 11 is 0. The third kappa shape index (κ3) is 7.08. The minimum absolute atomic E-state index is 0.0587. The summed E-state index contributed by atoms with van der Waals surface area (Å²) in [5.74, 6) is -0.952. The van der Waals surface area contributed by atoms with E-state index in [-0.39, 0.29) is 10.3 Å². The Balaban J connectivity index is 0.000000209. The maximum absolute atomic E-state index is 13.3. The first-order chi connectivity index (χ1) is 19.9. The summed E-state index contributed by atoms with van der Waals surface area (Å²) in [5, 5.41) is 0.958. The Kier molecular flexibility index (Phi) is 9.85. The standard InChI is InChI=1S/C24H20B.C14H21F2P/c1-5-13-21(14-6-1)25(22-15-7-2-8-16-22,23-17-9-3-10-18-23)24-19-11-4-12-20-24;1-13(2,3)17(14(4,5)6)12-8-10(15)7-11(16)9-12/h1-20H;7-9H,1-6H3/q-1;/p+1. The first-order valence-corrected chi connectivity index (χ1v) is 16.2. The summed E-state index contributed by atoms with van der Waals surface area (Å²) in [4.78, 5) is 0. The zero-order valence-corrected chi connectivity index (χ0v) is 26.6. The van der Waals surface area contributed by atoms with E-state index in [4.69, 9.17) is 0 Å². The quantitative estimate of drug-likeness (QED) is 0.150. The second-order valence-corrected chi connectivity index (χ2v) is 17.4. The topological polar surface area (TPSA) is 0 Å². The molecule has 0 saturated carbocycles. The Morgan fingerprint density at radius 2 is 0.690 bits per heavy atom. The predicted molar refractivity (Wildman–Crippen MR) is 184 cm³/mol. The molecule has 0 spiro atoms. The largest absolute Gasteiger partial charge is 0.207 e. The maximum atomic E-state index is 13.3. The van der Waals surface area contributed by atoms with E-state index in [1.165, 1.54) is 34.0 Å². The zero-order valence-electron chi connectivity index (χ0n) is 25.6. The van der Waals surface area contributed by atoms with Gasteiger partial charge in [0.2, 0.25) is 0 Å². The summed E-state index contributed by atoms with van der Waals surface area (Å²) in [6.45, 7) is 12.9. The molecule has 0 heterocycles. The Morgan fingerprint density at radius 3 is 0.929 bits per heavy atom. The molecule has 5 aromatic rings. The van der Waals surface area contributed by atoms with Gasteiger partial charge in [-0.2, -0.15) is 21.9 Å². The number of hydrogen-bond donors (Lipinski definition) is 0. The molecule has 0 atom stereocenters. The van der Waals surface area contributed by atoms with Gasteiger partial charge < -0.3 is 0 Å². The van der Waals surface area contributed by atoms with Crippen LogP contribution in [0.2, 0.25) is 0 Å². The van der Waals surface area contributed by atoms with Crippen molar-refractivity contribution in [2.45, 2.75) is 51.9 Å². The molecule has 0 aliphatic heterocycles. The molecule has 0 amide bonds. The second-order valence-electron chi connectivity index (χ2n) is 13.0. The monoisotopic (exact) mass is 578 g/mol. The molecule has 42 heavy (non-hydrogen) atoms. The van der Waals surface area contributed by atoms with Crippen molar-refractivity contribution in [1.29, 1.82) is 0 Å². The molecule has 0 aromatic heterocycles. The van der Waals surface area contributed by atoms with E-state index in [0.717, 1.165) is 11.4 Å². The van der Waals surface area contributed by atoms with E-state index < -0.39 is 25.7 Å². The molecule has 216 valence electrons. The lowest BCUT2D eigenvalue weighted by Crippen LogP contribution is -2.74. The molecule has 5 aromatic carbocycles. The van der Waals surface area contributed by atoms with Crippen molar-refractivity contribution in [3.8, 4) is 0 Å². The van der Waals surface area contributed by atoms with Crippen molar-refractivity contribution in [1.82, 2.24) is 0 Å². The van der Waals surface area contributed by atoms with E-state index in [1.807, 2.05) is 0 Å². The van der Waals surface area contributed by atoms with E-state index in [9.17, 15) is 8.78 Å². The van der Waals surface area contributed by atoms with Gasteiger partial charge >= 0.3 is 0 Å². The minimum atomic E-state index is -1.22. The van der Waals surface area contributed by atoms with Gasteiger partial charge in [0.05, 0.1) is 15.6 Å². The van der Waals surface area contributed by atoms with E-state index in [1.54, 1.807) is 0 Å². The Morgan fingerprint density at radius 1 is 0.429 bits per heavy atom. The van der Waals surface area contributed by atoms with Crippen LogP contribution in [0.1, 0.15) is 41.5 Å². The fourth-order valence-electron chi connectivity index (χ4n) is 6.81. The Labute approximate surface area is 252 Å². The van der Waals surface area contributed by atoms with Crippen LogP contribution in [-0.2, 0) is 0 Å². The maximum Gasteiger partial charge on any atom is 0.130 e. The van der Waals surface area contributed by atoms with Gasteiger partial charge in [0.25, 0.3) is 0 Å². The first kappa shape index (κ1) is 31.4. The van der Waals surface area contributed by atoms with Gasteiger partial charge in [0.15, 0.2) is 0 Å². The van der Waals surface area contributed by atoms with Crippen LogP contribution < -0.4 is 27.2 Å². The molecular formula is C38H42BF2P. The summed E-state index contributed by atoms with van der Waals surface area (Å²) in [6, 6.07) is 47.5. The fourth-order valence-corrected chi connectivity index (χ4v) is 11.4. The minimum Gasteiger partial charge on any atom is -0.207 e. The van der Waals surface area contributed by atoms with Crippen LogP contribution in [0.25, 0.3) is 0 Å². The van der Waals surface area contributed by atoms with Crippen molar-refractivity contribution >= 4 is 41.2 Å². The zero-order chi connectivity index (χ0) is 30.4. The Hall–Kier alpha value is -3.55. The van der Waals surface area contributed by atoms with Crippen LogP contribution in [0.3, 0.4) is 0 Å².